The molecule has 0 aliphatic heterocycles. The maximum absolute atomic E-state index is 12.6. The Bertz CT molecular complexity index is 1020. The van der Waals surface area contributed by atoms with Crippen LogP contribution in [0.2, 0.25) is 0 Å². The molecule has 4 rings (SSSR count). The molecule has 0 amide bonds. The van der Waals surface area contributed by atoms with Gasteiger partial charge in [-0.25, -0.2) is 0 Å². The molecule has 3 heteroatoms. The van der Waals surface area contributed by atoms with Crippen molar-refractivity contribution in [1.29, 1.82) is 0 Å². The summed E-state index contributed by atoms with van der Waals surface area (Å²) in [4.78, 5) is 12.6. The summed E-state index contributed by atoms with van der Waals surface area (Å²) in [5.41, 5.74) is 1.35. The zero-order valence-corrected chi connectivity index (χ0v) is 13.8. The number of fused-ring (bicyclic) bond motifs is 2. The molecule has 4 aromatic rings. The zero-order valence-electron chi connectivity index (χ0n) is 11.6. The number of benzene rings is 3. The fraction of sp³-hybridized carbons (Fsp3) is 0. The molecule has 0 N–H and O–H groups in total. The molecule has 1 heterocycles. The fourth-order valence-electron chi connectivity index (χ4n) is 2.44. The number of rotatable bonds is 2. The Morgan fingerprint density at radius 3 is 2.27 bits per heavy atom. The number of hydrogen-bond donors (Lipinski definition) is 0. The second kappa shape index (κ2) is 5.57. The van der Waals surface area contributed by atoms with Crippen molar-refractivity contribution in [2.24, 2.45) is 0 Å². The molecule has 0 saturated carbocycles. The van der Waals surface area contributed by atoms with E-state index in [0.29, 0.717) is 21.9 Å². The van der Waals surface area contributed by atoms with Crippen molar-refractivity contribution in [3.8, 4) is 0 Å². The molecule has 0 saturated heterocycles. The van der Waals surface area contributed by atoms with Gasteiger partial charge in [-0.1, -0.05) is 0 Å². The summed E-state index contributed by atoms with van der Waals surface area (Å²) >= 11 is -0.284. The van der Waals surface area contributed by atoms with Gasteiger partial charge in [0.05, 0.1) is 0 Å². The standard InChI is InChI=1S/C19H12IO2/c21-19-15-8-4-5-9-17(15)22-18-11-10-14(12-16(18)19)20-13-6-2-1-3-7-13/h1-12H/q-1. The van der Waals surface area contributed by atoms with Gasteiger partial charge in [-0.3, -0.25) is 0 Å². The predicted molar refractivity (Wildman–Crippen MR) is 83.8 cm³/mol. The Hall–Kier alpha value is -2.14. The molecule has 0 aliphatic carbocycles. The summed E-state index contributed by atoms with van der Waals surface area (Å²) in [6, 6.07) is 23.8. The van der Waals surface area contributed by atoms with Crippen LogP contribution >= 0.6 is 0 Å². The van der Waals surface area contributed by atoms with Gasteiger partial charge in [0.15, 0.2) is 0 Å². The topological polar surface area (TPSA) is 30.2 Å². The first kappa shape index (κ1) is 13.5. The molecule has 0 aliphatic rings. The average Bonchev–Trinajstić information content (AvgIpc) is 2.57. The van der Waals surface area contributed by atoms with Gasteiger partial charge in [-0.05, 0) is 0 Å². The van der Waals surface area contributed by atoms with Crippen molar-refractivity contribution in [3.05, 3.63) is 90.2 Å². The summed E-state index contributed by atoms with van der Waals surface area (Å²) < 4.78 is 8.41. The van der Waals surface area contributed by atoms with Gasteiger partial charge >= 0.3 is 138 Å². The number of hydrogen-bond acceptors (Lipinski definition) is 2. The Kier molecular flexibility index (Phi) is 3.42. The SMILES string of the molecule is O=c1c2ccccc2oc2ccc([I-]c3ccccc3)cc12. The van der Waals surface area contributed by atoms with Crippen molar-refractivity contribution >= 4 is 21.9 Å². The quantitative estimate of drug-likeness (QED) is 0.373. The van der Waals surface area contributed by atoms with Crippen LogP contribution in [-0.4, -0.2) is 0 Å². The molecule has 1 aromatic heterocycles. The normalized spacial score (nSPS) is 11.3. The Morgan fingerprint density at radius 1 is 0.682 bits per heavy atom. The van der Waals surface area contributed by atoms with E-state index in [2.05, 4.69) is 30.3 Å². The molecule has 0 spiro atoms. The minimum atomic E-state index is -0.284. The van der Waals surface area contributed by atoms with E-state index in [-0.39, 0.29) is 26.6 Å². The average molecular weight is 399 g/mol. The molecule has 2 nitrogen and oxygen atoms in total. The van der Waals surface area contributed by atoms with Crippen LogP contribution < -0.4 is 26.6 Å². The van der Waals surface area contributed by atoms with Gasteiger partial charge < -0.3 is 0 Å². The molecular formula is C19H12IO2-. The molecule has 0 atom stereocenters. The first-order valence-electron chi connectivity index (χ1n) is 6.97. The van der Waals surface area contributed by atoms with E-state index in [1.165, 1.54) is 7.14 Å². The van der Waals surface area contributed by atoms with Crippen molar-refractivity contribution in [1.82, 2.24) is 0 Å². The van der Waals surface area contributed by atoms with Crippen molar-refractivity contribution in [2.45, 2.75) is 0 Å². The third-order valence-electron chi connectivity index (χ3n) is 3.49. The van der Waals surface area contributed by atoms with Crippen molar-refractivity contribution in [3.63, 3.8) is 0 Å². The van der Waals surface area contributed by atoms with Gasteiger partial charge in [0.25, 0.3) is 0 Å². The first-order chi connectivity index (χ1) is 10.8. The van der Waals surface area contributed by atoms with Crippen LogP contribution in [0.5, 0.6) is 0 Å². The minimum absolute atomic E-state index is 0.0516. The molecule has 22 heavy (non-hydrogen) atoms. The summed E-state index contributed by atoms with van der Waals surface area (Å²) in [7, 11) is 0. The van der Waals surface area contributed by atoms with Crippen molar-refractivity contribution in [2.75, 3.05) is 0 Å². The summed E-state index contributed by atoms with van der Waals surface area (Å²) in [6.07, 6.45) is 0. The third-order valence-corrected chi connectivity index (χ3v) is 6.12. The van der Waals surface area contributed by atoms with Crippen molar-refractivity contribution < 1.29 is 25.6 Å². The van der Waals surface area contributed by atoms with Gasteiger partial charge in [0, 0.05) is 0 Å². The molecule has 108 valence electrons. The fourth-order valence-corrected chi connectivity index (χ4v) is 4.76. The van der Waals surface area contributed by atoms with Gasteiger partial charge in [-0.15, -0.1) is 0 Å². The van der Waals surface area contributed by atoms with E-state index >= 15 is 0 Å². The Labute approximate surface area is 137 Å². The van der Waals surface area contributed by atoms with Gasteiger partial charge in [0.1, 0.15) is 0 Å². The van der Waals surface area contributed by atoms with E-state index in [0.717, 1.165) is 0 Å². The van der Waals surface area contributed by atoms with Gasteiger partial charge in [0.2, 0.25) is 0 Å². The summed E-state index contributed by atoms with van der Waals surface area (Å²) in [5.74, 6) is 0. The van der Waals surface area contributed by atoms with E-state index < -0.39 is 0 Å². The van der Waals surface area contributed by atoms with E-state index in [9.17, 15) is 4.79 Å². The van der Waals surface area contributed by atoms with E-state index in [1.807, 2.05) is 42.5 Å². The second-order valence-electron chi connectivity index (χ2n) is 4.96. The van der Waals surface area contributed by atoms with Crippen LogP contribution in [0.4, 0.5) is 0 Å². The first-order valence-corrected chi connectivity index (χ1v) is 9.12. The van der Waals surface area contributed by atoms with Crippen LogP contribution in [0.3, 0.4) is 0 Å². The van der Waals surface area contributed by atoms with E-state index in [1.54, 1.807) is 0 Å². The summed E-state index contributed by atoms with van der Waals surface area (Å²) in [5, 5.41) is 1.32. The number of halogens is 1. The van der Waals surface area contributed by atoms with Gasteiger partial charge in [-0.2, -0.15) is 0 Å². The zero-order chi connectivity index (χ0) is 14.9. The van der Waals surface area contributed by atoms with E-state index in [4.69, 9.17) is 4.42 Å². The van der Waals surface area contributed by atoms with Crippen LogP contribution in [0, 0.1) is 7.14 Å². The Balaban J connectivity index is 1.88. The number of para-hydroxylation sites is 1. The Morgan fingerprint density at radius 2 is 1.41 bits per heavy atom. The second-order valence-corrected chi connectivity index (χ2v) is 7.99. The van der Waals surface area contributed by atoms with Crippen LogP contribution in [0.15, 0.2) is 82.0 Å². The van der Waals surface area contributed by atoms with Crippen LogP contribution in [0.25, 0.3) is 21.9 Å². The molecule has 0 radical (unpaired) electrons. The molecule has 0 unspecified atom stereocenters. The predicted octanol–water partition coefficient (Wildman–Crippen LogP) is 1.07. The molecule has 0 bridgehead atoms. The maximum atomic E-state index is 12.6. The molecule has 3 aromatic carbocycles. The summed E-state index contributed by atoms with van der Waals surface area (Å²) in [6.45, 7) is 0. The van der Waals surface area contributed by atoms with Crippen LogP contribution in [-0.2, 0) is 0 Å². The molecular weight excluding hydrogens is 387 g/mol. The monoisotopic (exact) mass is 399 g/mol. The third kappa shape index (κ3) is 2.41. The van der Waals surface area contributed by atoms with Crippen LogP contribution in [0.1, 0.15) is 0 Å². The molecule has 0 fully saturated rings.